The fraction of sp³-hybridized carbons (Fsp3) is 0.300. The molecule has 0 saturated carbocycles. The molecule has 0 atom stereocenters. The Labute approximate surface area is 175 Å². The van der Waals surface area contributed by atoms with Gasteiger partial charge in [0.1, 0.15) is 0 Å². The van der Waals surface area contributed by atoms with Gasteiger partial charge in [-0.25, -0.2) is 13.6 Å². The summed E-state index contributed by atoms with van der Waals surface area (Å²) >= 11 is 0. The summed E-state index contributed by atoms with van der Waals surface area (Å²) in [5.74, 6) is -0.247. The number of sulfonamides is 1. The van der Waals surface area contributed by atoms with Crippen LogP contribution in [-0.4, -0.2) is 47.5 Å². The maximum Gasteiger partial charge on any atom is 0.309 e. The number of primary sulfonamides is 1. The number of nitrogens with one attached hydrogen (secondary N) is 2. The minimum absolute atomic E-state index is 0.0177. The van der Waals surface area contributed by atoms with Crippen molar-refractivity contribution in [3.8, 4) is 11.5 Å². The highest BCUT2D eigenvalue weighted by Gasteiger charge is 2.13. The van der Waals surface area contributed by atoms with E-state index in [0.29, 0.717) is 24.3 Å². The van der Waals surface area contributed by atoms with Crippen LogP contribution in [0, 0.1) is 0 Å². The van der Waals surface area contributed by atoms with Crippen molar-refractivity contribution in [2.24, 2.45) is 5.14 Å². The van der Waals surface area contributed by atoms with Crippen molar-refractivity contribution >= 4 is 21.8 Å². The lowest BCUT2D eigenvalue weighted by molar-refractivity contribution is -0.139. The second-order valence-electron chi connectivity index (χ2n) is 6.39. The van der Waals surface area contributed by atoms with Crippen LogP contribution in [0.2, 0.25) is 0 Å². The molecule has 0 aliphatic heterocycles. The third kappa shape index (κ3) is 6.75. The van der Waals surface area contributed by atoms with Crippen LogP contribution in [0.4, 0.5) is 0 Å². The predicted molar refractivity (Wildman–Crippen MR) is 111 cm³/mol. The second kappa shape index (κ2) is 10.6. The van der Waals surface area contributed by atoms with Gasteiger partial charge in [-0.15, -0.1) is 0 Å². The number of carbonyl (C=O) groups excluding carboxylic acids is 2. The molecule has 2 rings (SSSR count). The normalized spacial score (nSPS) is 10.9. The highest BCUT2D eigenvalue weighted by molar-refractivity contribution is 7.89. The maximum absolute atomic E-state index is 11.9. The van der Waals surface area contributed by atoms with Gasteiger partial charge in [0, 0.05) is 13.1 Å². The van der Waals surface area contributed by atoms with E-state index in [1.54, 1.807) is 32.4 Å². The SMILES string of the molecule is COc1ccc(CCNC(=O)C(=O)NCCc2ccc(S(N)(=O)=O)cc2)cc1OC. The molecule has 0 spiro atoms. The number of benzene rings is 2. The molecule has 0 heterocycles. The highest BCUT2D eigenvalue weighted by Crippen LogP contribution is 2.27. The Bertz CT molecular complexity index is 990. The van der Waals surface area contributed by atoms with Crippen molar-refractivity contribution in [1.29, 1.82) is 0 Å². The van der Waals surface area contributed by atoms with Gasteiger partial charge in [0.25, 0.3) is 0 Å². The number of hydrogen-bond acceptors (Lipinski definition) is 6. The van der Waals surface area contributed by atoms with E-state index in [1.807, 2.05) is 12.1 Å². The molecule has 2 aromatic carbocycles. The number of methoxy groups -OCH3 is 2. The Morgan fingerprint density at radius 3 is 1.83 bits per heavy atom. The highest BCUT2D eigenvalue weighted by atomic mass is 32.2. The van der Waals surface area contributed by atoms with Crippen molar-refractivity contribution in [1.82, 2.24) is 10.6 Å². The van der Waals surface area contributed by atoms with Gasteiger partial charge >= 0.3 is 11.8 Å². The van der Waals surface area contributed by atoms with Gasteiger partial charge in [-0.3, -0.25) is 9.59 Å². The molecule has 30 heavy (non-hydrogen) atoms. The molecule has 0 aliphatic rings. The summed E-state index contributed by atoms with van der Waals surface area (Å²) in [6.45, 7) is 0.521. The molecule has 9 nitrogen and oxygen atoms in total. The van der Waals surface area contributed by atoms with Crippen molar-refractivity contribution in [2.45, 2.75) is 17.7 Å². The molecule has 0 radical (unpaired) electrons. The van der Waals surface area contributed by atoms with Crippen LogP contribution in [0.1, 0.15) is 11.1 Å². The lowest BCUT2D eigenvalue weighted by atomic mass is 10.1. The third-order valence-electron chi connectivity index (χ3n) is 4.30. The van der Waals surface area contributed by atoms with Crippen LogP contribution in [0.15, 0.2) is 47.4 Å². The standard InChI is InChI=1S/C20H25N3O6S/c1-28-17-8-5-15(13-18(17)29-2)10-12-23-20(25)19(24)22-11-9-14-3-6-16(7-4-14)30(21,26)27/h3-8,13H,9-12H2,1-2H3,(H,22,24)(H,23,25)(H2,21,26,27). The number of rotatable bonds is 9. The number of ether oxygens (including phenoxy) is 2. The van der Waals surface area contributed by atoms with E-state index in [1.165, 1.54) is 12.1 Å². The fourth-order valence-corrected chi connectivity index (χ4v) is 3.20. The lowest BCUT2D eigenvalue weighted by Gasteiger charge is -2.10. The van der Waals surface area contributed by atoms with E-state index >= 15 is 0 Å². The fourth-order valence-electron chi connectivity index (χ4n) is 2.68. The smallest absolute Gasteiger partial charge is 0.309 e. The zero-order chi connectivity index (χ0) is 22.1. The predicted octanol–water partition coefficient (Wildman–Crippen LogP) is 0.369. The van der Waals surface area contributed by atoms with E-state index in [9.17, 15) is 18.0 Å². The topological polar surface area (TPSA) is 137 Å². The van der Waals surface area contributed by atoms with Gasteiger partial charge in [0.05, 0.1) is 19.1 Å². The maximum atomic E-state index is 11.9. The Morgan fingerprint density at radius 1 is 0.833 bits per heavy atom. The zero-order valence-electron chi connectivity index (χ0n) is 16.8. The minimum atomic E-state index is -3.74. The molecule has 4 N–H and O–H groups in total. The summed E-state index contributed by atoms with van der Waals surface area (Å²) in [5, 5.41) is 10.1. The molecule has 0 aromatic heterocycles. The first kappa shape index (κ1) is 23.2. The van der Waals surface area contributed by atoms with Crippen molar-refractivity contribution in [3.63, 3.8) is 0 Å². The van der Waals surface area contributed by atoms with Gasteiger partial charge < -0.3 is 20.1 Å². The van der Waals surface area contributed by atoms with Gasteiger partial charge in [-0.2, -0.15) is 0 Å². The summed E-state index contributed by atoms with van der Waals surface area (Å²) in [6, 6.07) is 11.4. The number of hydrogen-bond donors (Lipinski definition) is 3. The summed E-state index contributed by atoms with van der Waals surface area (Å²) in [4.78, 5) is 23.8. The van der Waals surface area contributed by atoms with Gasteiger partial charge in [-0.05, 0) is 48.2 Å². The van der Waals surface area contributed by atoms with E-state index in [4.69, 9.17) is 14.6 Å². The molecular formula is C20H25N3O6S. The average molecular weight is 436 g/mol. The van der Waals surface area contributed by atoms with Crippen LogP contribution in [0.3, 0.4) is 0 Å². The third-order valence-corrected chi connectivity index (χ3v) is 5.23. The van der Waals surface area contributed by atoms with Gasteiger partial charge in [0.2, 0.25) is 10.0 Å². The molecule has 2 amide bonds. The Balaban J connectivity index is 1.74. The molecule has 10 heteroatoms. The first-order valence-corrected chi connectivity index (χ1v) is 10.7. The molecule has 0 unspecified atom stereocenters. The molecule has 0 bridgehead atoms. The Hall–Kier alpha value is -3.11. The minimum Gasteiger partial charge on any atom is -0.493 e. The van der Waals surface area contributed by atoms with Crippen LogP contribution in [-0.2, 0) is 32.5 Å². The van der Waals surface area contributed by atoms with Crippen LogP contribution < -0.4 is 25.2 Å². The van der Waals surface area contributed by atoms with E-state index < -0.39 is 21.8 Å². The number of amides is 2. The largest absolute Gasteiger partial charge is 0.493 e. The van der Waals surface area contributed by atoms with Crippen molar-refractivity contribution in [2.75, 3.05) is 27.3 Å². The lowest BCUT2D eigenvalue weighted by Crippen LogP contribution is -2.41. The molecule has 0 saturated heterocycles. The zero-order valence-corrected chi connectivity index (χ0v) is 17.6. The van der Waals surface area contributed by atoms with Gasteiger partial charge in [-0.1, -0.05) is 18.2 Å². The van der Waals surface area contributed by atoms with E-state index in [2.05, 4.69) is 10.6 Å². The van der Waals surface area contributed by atoms with E-state index in [0.717, 1.165) is 11.1 Å². The summed E-state index contributed by atoms with van der Waals surface area (Å²) in [6.07, 6.45) is 0.964. The first-order chi connectivity index (χ1) is 14.2. The molecule has 0 aliphatic carbocycles. The summed E-state index contributed by atoms with van der Waals surface area (Å²) in [5.41, 5.74) is 1.73. The second-order valence-corrected chi connectivity index (χ2v) is 7.95. The summed E-state index contributed by atoms with van der Waals surface area (Å²) < 4.78 is 32.9. The molecule has 2 aromatic rings. The molecular weight excluding hydrogens is 410 g/mol. The number of nitrogens with two attached hydrogens (primary N) is 1. The molecule has 162 valence electrons. The Kier molecular flexibility index (Phi) is 8.19. The van der Waals surface area contributed by atoms with Crippen LogP contribution in [0.5, 0.6) is 11.5 Å². The van der Waals surface area contributed by atoms with Crippen molar-refractivity contribution < 1.29 is 27.5 Å². The van der Waals surface area contributed by atoms with Gasteiger partial charge in [0.15, 0.2) is 11.5 Å². The monoisotopic (exact) mass is 435 g/mol. The first-order valence-electron chi connectivity index (χ1n) is 9.13. The van der Waals surface area contributed by atoms with Crippen LogP contribution >= 0.6 is 0 Å². The number of carbonyl (C=O) groups is 2. The molecule has 0 fully saturated rings. The van der Waals surface area contributed by atoms with Crippen molar-refractivity contribution in [3.05, 3.63) is 53.6 Å². The van der Waals surface area contributed by atoms with Crippen LogP contribution in [0.25, 0.3) is 0 Å². The Morgan fingerprint density at radius 2 is 1.33 bits per heavy atom. The van der Waals surface area contributed by atoms with E-state index in [-0.39, 0.29) is 18.0 Å². The average Bonchev–Trinajstić information content (AvgIpc) is 2.73. The quantitative estimate of drug-likeness (QED) is 0.487. The summed E-state index contributed by atoms with van der Waals surface area (Å²) in [7, 11) is -0.642.